The third kappa shape index (κ3) is 5.29. The lowest BCUT2D eigenvalue weighted by molar-refractivity contribution is 0.0697. The predicted molar refractivity (Wildman–Crippen MR) is 125 cm³/mol. The van der Waals surface area contributed by atoms with Crippen molar-refractivity contribution >= 4 is 23.7 Å². The van der Waals surface area contributed by atoms with Crippen molar-refractivity contribution in [1.29, 1.82) is 0 Å². The van der Waals surface area contributed by atoms with E-state index in [9.17, 15) is 14.7 Å². The summed E-state index contributed by atoms with van der Waals surface area (Å²) in [6.07, 6.45) is -0.910. The van der Waals surface area contributed by atoms with Crippen LogP contribution in [0.2, 0.25) is 5.02 Å². The summed E-state index contributed by atoms with van der Waals surface area (Å²) in [5, 5.41) is 10.2. The third-order valence-electron chi connectivity index (χ3n) is 5.06. The molecule has 0 heterocycles. The molecule has 0 spiro atoms. The maximum Gasteiger partial charge on any atom is 0.519 e. The van der Waals surface area contributed by atoms with Crippen molar-refractivity contribution in [2.75, 3.05) is 0 Å². The Hall–Kier alpha value is -3.31. The highest BCUT2D eigenvalue weighted by Crippen LogP contribution is 2.42. The van der Waals surface area contributed by atoms with Gasteiger partial charge in [0.1, 0.15) is 11.5 Å². The molecule has 5 nitrogen and oxygen atoms in total. The molecule has 0 aliphatic carbocycles. The van der Waals surface area contributed by atoms with Crippen molar-refractivity contribution in [2.45, 2.75) is 39.5 Å². The van der Waals surface area contributed by atoms with Gasteiger partial charge < -0.3 is 14.6 Å². The summed E-state index contributed by atoms with van der Waals surface area (Å²) in [5.74, 6) is -0.344. The quantitative estimate of drug-likeness (QED) is 0.309. The molecule has 3 aromatic rings. The number of ether oxygens (including phenoxy) is 2. The minimum Gasteiger partial charge on any atom is -0.478 e. The van der Waals surface area contributed by atoms with Crippen LogP contribution in [0.3, 0.4) is 0 Å². The van der Waals surface area contributed by atoms with Crippen LogP contribution in [0.15, 0.2) is 60.7 Å². The van der Waals surface area contributed by atoms with Gasteiger partial charge in [-0.3, -0.25) is 0 Å². The molecule has 3 aromatic carbocycles. The lowest BCUT2D eigenvalue weighted by Gasteiger charge is -2.21. The van der Waals surface area contributed by atoms with E-state index in [1.54, 1.807) is 36.4 Å². The maximum absolute atomic E-state index is 12.6. The van der Waals surface area contributed by atoms with E-state index in [1.807, 2.05) is 39.8 Å². The number of hydrogen-bond donors (Lipinski definition) is 1. The maximum atomic E-state index is 12.6. The molecule has 0 aromatic heterocycles. The fraction of sp³-hybridized carbons (Fsp3) is 0.231. The van der Waals surface area contributed by atoms with E-state index in [4.69, 9.17) is 21.1 Å². The van der Waals surface area contributed by atoms with Crippen molar-refractivity contribution in [2.24, 2.45) is 0 Å². The number of halogens is 1. The molecule has 0 bridgehead atoms. The van der Waals surface area contributed by atoms with Crippen molar-refractivity contribution in [1.82, 2.24) is 0 Å². The second-order valence-electron chi connectivity index (χ2n) is 8.05. The zero-order valence-electron chi connectivity index (χ0n) is 18.4. The summed E-state index contributed by atoms with van der Waals surface area (Å²) in [6.45, 7) is 8.07. The number of rotatable bonds is 6. The zero-order valence-corrected chi connectivity index (χ0v) is 19.1. The van der Waals surface area contributed by atoms with E-state index < -0.39 is 12.1 Å². The largest absolute Gasteiger partial charge is 0.519 e. The first-order valence-electron chi connectivity index (χ1n) is 10.3. The minimum absolute atomic E-state index is 0.0248. The lowest BCUT2D eigenvalue weighted by Crippen LogP contribution is -2.15. The summed E-state index contributed by atoms with van der Waals surface area (Å²) in [6, 6.07) is 16.9. The fourth-order valence-corrected chi connectivity index (χ4v) is 3.59. The molecule has 0 unspecified atom stereocenters. The molecule has 0 saturated carbocycles. The number of hydrogen-bond acceptors (Lipinski definition) is 4. The third-order valence-corrected chi connectivity index (χ3v) is 5.30. The summed E-state index contributed by atoms with van der Waals surface area (Å²) in [5.41, 5.74) is 2.76. The Labute approximate surface area is 192 Å². The summed E-state index contributed by atoms with van der Waals surface area (Å²) < 4.78 is 11.0. The normalized spacial score (nSPS) is 11.0. The van der Waals surface area contributed by atoms with Crippen LogP contribution in [-0.4, -0.2) is 17.2 Å². The molecule has 166 valence electrons. The van der Waals surface area contributed by atoms with Crippen molar-refractivity contribution in [3.8, 4) is 22.6 Å². The predicted octanol–water partition coefficient (Wildman–Crippen LogP) is 7.53. The van der Waals surface area contributed by atoms with Gasteiger partial charge in [0.25, 0.3) is 0 Å². The molecule has 0 aliphatic rings. The molecule has 32 heavy (non-hydrogen) atoms. The first kappa shape index (κ1) is 23.4. The first-order valence-corrected chi connectivity index (χ1v) is 10.7. The van der Waals surface area contributed by atoms with E-state index in [2.05, 4.69) is 0 Å². The Kier molecular flexibility index (Phi) is 7.21. The summed E-state index contributed by atoms with van der Waals surface area (Å²) in [4.78, 5) is 24.6. The molecule has 0 aliphatic heterocycles. The highest BCUT2D eigenvalue weighted by Gasteiger charge is 2.24. The molecule has 0 fully saturated rings. The van der Waals surface area contributed by atoms with Crippen molar-refractivity contribution < 1.29 is 24.2 Å². The second kappa shape index (κ2) is 9.88. The number of carboxylic acids is 1. The van der Waals surface area contributed by atoms with Gasteiger partial charge in [-0.05, 0) is 59.4 Å². The van der Waals surface area contributed by atoms with Gasteiger partial charge in [-0.2, -0.15) is 0 Å². The molecule has 0 radical (unpaired) electrons. The van der Waals surface area contributed by atoms with E-state index in [0.29, 0.717) is 21.9 Å². The minimum atomic E-state index is -1.10. The van der Waals surface area contributed by atoms with Gasteiger partial charge in [-0.15, -0.1) is 0 Å². The number of aromatic carboxylic acids is 1. The lowest BCUT2D eigenvalue weighted by atomic mass is 9.86. The average Bonchev–Trinajstić information content (AvgIpc) is 2.73. The van der Waals surface area contributed by atoms with E-state index in [0.717, 1.165) is 11.1 Å². The molecule has 1 N–H and O–H groups in total. The van der Waals surface area contributed by atoms with Crippen LogP contribution in [0.4, 0.5) is 4.79 Å². The Bertz CT molecular complexity index is 1140. The highest BCUT2D eigenvalue weighted by molar-refractivity contribution is 6.31. The molecule has 0 amide bonds. The molecule has 3 rings (SSSR count). The van der Waals surface area contributed by atoms with Gasteiger partial charge >= 0.3 is 12.1 Å². The van der Waals surface area contributed by atoms with Crippen molar-refractivity contribution in [3.63, 3.8) is 0 Å². The van der Waals surface area contributed by atoms with Gasteiger partial charge in [-0.25, -0.2) is 9.59 Å². The molecule has 6 heteroatoms. The Morgan fingerprint density at radius 1 is 0.875 bits per heavy atom. The van der Waals surface area contributed by atoms with Gasteiger partial charge in [0, 0.05) is 16.1 Å². The Morgan fingerprint density at radius 3 is 2.16 bits per heavy atom. The highest BCUT2D eigenvalue weighted by atomic mass is 35.5. The second-order valence-corrected chi connectivity index (χ2v) is 8.49. The average molecular weight is 453 g/mol. The van der Waals surface area contributed by atoms with Gasteiger partial charge in [0.2, 0.25) is 0 Å². The monoisotopic (exact) mass is 452 g/mol. The van der Waals surface area contributed by atoms with Gasteiger partial charge in [0.05, 0.1) is 5.56 Å². The standard InChI is InChI=1S/C26H25ClO5/c1-15(2)17-12-21(16(3)4)24(22-14-18(27)10-11-20(22)25(28)29)23(13-17)32-26(30)31-19-8-6-5-7-9-19/h5-16H,1-4H3,(H,28,29). The molecule has 0 atom stereocenters. The van der Waals surface area contributed by atoms with Crippen molar-refractivity contribution in [3.05, 3.63) is 82.4 Å². The van der Waals surface area contributed by atoms with Crippen LogP contribution in [-0.2, 0) is 0 Å². The summed E-state index contributed by atoms with van der Waals surface area (Å²) in [7, 11) is 0. The van der Waals surface area contributed by atoms with Crippen LogP contribution in [0, 0.1) is 0 Å². The van der Waals surface area contributed by atoms with Crippen LogP contribution in [0.5, 0.6) is 11.5 Å². The van der Waals surface area contributed by atoms with Gasteiger partial charge in [-0.1, -0.05) is 63.6 Å². The van der Waals surface area contributed by atoms with Gasteiger partial charge in [0.15, 0.2) is 0 Å². The van der Waals surface area contributed by atoms with Crippen LogP contribution in [0.1, 0.15) is 61.0 Å². The van der Waals surface area contributed by atoms with E-state index in [1.165, 1.54) is 12.1 Å². The van der Waals surface area contributed by atoms with E-state index >= 15 is 0 Å². The number of carbonyl (C=O) groups is 2. The number of carbonyl (C=O) groups excluding carboxylic acids is 1. The topological polar surface area (TPSA) is 72.8 Å². The van der Waals surface area contributed by atoms with Crippen LogP contribution < -0.4 is 9.47 Å². The first-order chi connectivity index (χ1) is 15.2. The zero-order chi connectivity index (χ0) is 23.4. The van der Waals surface area contributed by atoms with E-state index in [-0.39, 0.29) is 23.1 Å². The molecule has 0 saturated heterocycles. The molecular formula is C26H25ClO5. The fourth-order valence-electron chi connectivity index (χ4n) is 3.42. The molecular weight excluding hydrogens is 428 g/mol. The Balaban J connectivity index is 2.20. The number of para-hydroxylation sites is 1. The van der Waals surface area contributed by atoms with Crippen LogP contribution >= 0.6 is 11.6 Å². The number of carboxylic acid groups (broad SMARTS) is 1. The Morgan fingerprint density at radius 2 is 1.56 bits per heavy atom. The summed E-state index contributed by atoms with van der Waals surface area (Å²) >= 11 is 6.23. The smallest absolute Gasteiger partial charge is 0.478 e. The van der Waals surface area contributed by atoms with Crippen LogP contribution in [0.25, 0.3) is 11.1 Å². The SMILES string of the molecule is CC(C)c1cc(OC(=O)Oc2ccccc2)c(-c2cc(Cl)ccc2C(=O)O)c(C(C)C)c1. The number of benzene rings is 3.